The molecular formula is C10H10N2O2S. The van der Waals surface area contributed by atoms with Gasteiger partial charge >= 0.3 is 0 Å². The van der Waals surface area contributed by atoms with E-state index in [1.165, 1.54) is 18.3 Å². The molecule has 0 saturated heterocycles. The number of carbonyl (C=O) groups excluding carboxylic acids is 2. The maximum Gasteiger partial charge on any atom is 0.216 e. The van der Waals surface area contributed by atoms with Crippen molar-refractivity contribution in [2.24, 2.45) is 0 Å². The Hall–Kier alpha value is -1.67. The molecule has 1 heterocycles. The fourth-order valence-electron chi connectivity index (χ4n) is 0.837. The summed E-state index contributed by atoms with van der Waals surface area (Å²) < 4.78 is 0. The molecule has 1 aromatic rings. The van der Waals surface area contributed by atoms with Gasteiger partial charge in [-0.05, 0) is 5.92 Å². The number of nitrogens with zero attached hydrogens (tertiary/aromatic N) is 1. The summed E-state index contributed by atoms with van der Waals surface area (Å²) in [6.07, 6.45) is 1.27. The maximum absolute atomic E-state index is 10.5. The van der Waals surface area contributed by atoms with Gasteiger partial charge in [-0.1, -0.05) is 5.92 Å². The molecule has 78 valence electrons. The highest BCUT2D eigenvalue weighted by Crippen LogP contribution is 2.05. The SMILES string of the molecule is CC(=O)NCCC#Cc1nc(C=O)cs1. The predicted octanol–water partition coefficient (Wildman–Crippen LogP) is 0.833. The minimum absolute atomic E-state index is 0.0608. The van der Waals surface area contributed by atoms with Crippen molar-refractivity contribution in [3.8, 4) is 11.8 Å². The molecule has 0 aliphatic rings. The highest BCUT2D eigenvalue weighted by Gasteiger charge is 1.95. The van der Waals surface area contributed by atoms with Gasteiger partial charge in [-0.15, -0.1) is 11.3 Å². The van der Waals surface area contributed by atoms with E-state index in [0.29, 0.717) is 30.0 Å². The minimum Gasteiger partial charge on any atom is -0.355 e. The van der Waals surface area contributed by atoms with E-state index in [9.17, 15) is 9.59 Å². The topological polar surface area (TPSA) is 59.1 Å². The molecule has 5 heteroatoms. The molecule has 0 aliphatic heterocycles. The van der Waals surface area contributed by atoms with Crippen LogP contribution >= 0.6 is 11.3 Å². The largest absolute Gasteiger partial charge is 0.355 e. The van der Waals surface area contributed by atoms with Crippen LogP contribution in [0.15, 0.2) is 5.38 Å². The standard InChI is InChI=1S/C10H10N2O2S/c1-8(14)11-5-3-2-4-10-12-9(6-13)7-15-10/h6-7H,3,5H2,1H3,(H,11,14). The third-order valence-corrected chi connectivity index (χ3v) is 2.24. The average Bonchev–Trinajstić information content (AvgIpc) is 2.65. The van der Waals surface area contributed by atoms with E-state index < -0.39 is 0 Å². The fourth-order valence-corrected chi connectivity index (χ4v) is 1.47. The molecule has 0 unspecified atom stereocenters. The molecule has 0 bridgehead atoms. The van der Waals surface area contributed by atoms with Crippen LogP contribution in [-0.2, 0) is 4.79 Å². The van der Waals surface area contributed by atoms with E-state index in [1.807, 2.05) is 0 Å². The number of hydrogen-bond acceptors (Lipinski definition) is 4. The second-order valence-electron chi connectivity index (χ2n) is 2.73. The lowest BCUT2D eigenvalue weighted by Crippen LogP contribution is -2.20. The lowest BCUT2D eigenvalue weighted by atomic mass is 10.4. The second-order valence-corrected chi connectivity index (χ2v) is 3.59. The van der Waals surface area contributed by atoms with Crippen molar-refractivity contribution < 1.29 is 9.59 Å². The molecule has 4 nitrogen and oxygen atoms in total. The third-order valence-electron chi connectivity index (χ3n) is 1.46. The Morgan fingerprint density at radius 3 is 3.13 bits per heavy atom. The van der Waals surface area contributed by atoms with Crippen molar-refractivity contribution in [3.63, 3.8) is 0 Å². The van der Waals surface area contributed by atoms with Crippen molar-refractivity contribution >= 4 is 23.5 Å². The number of carbonyl (C=O) groups is 2. The fraction of sp³-hybridized carbons (Fsp3) is 0.300. The van der Waals surface area contributed by atoms with Gasteiger partial charge in [0.05, 0.1) is 0 Å². The van der Waals surface area contributed by atoms with E-state index >= 15 is 0 Å². The number of aromatic nitrogens is 1. The lowest BCUT2D eigenvalue weighted by molar-refractivity contribution is -0.118. The Bertz CT molecular complexity index is 415. The van der Waals surface area contributed by atoms with Crippen LogP contribution in [0.4, 0.5) is 0 Å². The van der Waals surface area contributed by atoms with Gasteiger partial charge in [0.25, 0.3) is 0 Å². The summed E-state index contributed by atoms with van der Waals surface area (Å²) in [6, 6.07) is 0. The van der Waals surface area contributed by atoms with Crippen molar-refractivity contribution in [2.75, 3.05) is 6.54 Å². The van der Waals surface area contributed by atoms with Gasteiger partial charge < -0.3 is 5.32 Å². The molecular weight excluding hydrogens is 212 g/mol. The van der Waals surface area contributed by atoms with Crippen LogP contribution < -0.4 is 5.32 Å². The van der Waals surface area contributed by atoms with Gasteiger partial charge in [0.2, 0.25) is 5.91 Å². The quantitative estimate of drug-likeness (QED) is 0.468. The normalized spacial score (nSPS) is 8.87. The van der Waals surface area contributed by atoms with E-state index in [0.717, 1.165) is 0 Å². The van der Waals surface area contributed by atoms with Crippen LogP contribution in [-0.4, -0.2) is 23.7 Å². The van der Waals surface area contributed by atoms with Gasteiger partial charge in [-0.25, -0.2) is 4.98 Å². The first-order valence-corrected chi connectivity index (χ1v) is 5.24. The number of amides is 1. The zero-order valence-electron chi connectivity index (χ0n) is 8.24. The summed E-state index contributed by atoms with van der Waals surface area (Å²) in [7, 11) is 0. The van der Waals surface area contributed by atoms with Gasteiger partial charge in [0.15, 0.2) is 11.3 Å². The summed E-state index contributed by atoms with van der Waals surface area (Å²) in [6.45, 7) is 2.00. The Kier molecular flexibility index (Phi) is 4.51. The number of hydrogen-bond donors (Lipinski definition) is 1. The molecule has 0 radical (unpaired) electrons. The monoisotopic (exact) mass is 222 g/mol. The second kappa shape index (κ2) is 5.94. The smallest absolute Gasteiger partial charge is 0.216 e. The Morgan fingerprint density at radius 2 is 2.53 bits per heavy atom. The molecule has 1 aromatic heterocycles. The van der Waals surface area contributed by atoms with Gasteiger partial charge in [0.1, 0.15) is 5.69 Å². The summed E-state index contributed by atoms with van der Waals surface area (Å²) in [4.78, 5) is 24.8. The van der Waals surface area contributed by atoms with Crippen molar-refractivity contribution in [3.05, 3.63) is 16.1 Å². The van der Waals surface area contributed by atoms with Crippen molar-refractivity contribution in [1.29, 1.82) is 0 Å². The van der Waals surface area contributed by atoms with E-state index in [1.54, 1.807) is 5.38 Å². The first-order valence-electron chi connectivity index (χ1n) is 4.36. The summed E-state index contributed by atoms with van der Waals surface area (Å²) in [5.41, 5.74) is 0.408. The molecule has 15 heavy (non-hydrogen) atoms. The molecule has 1 amide bonds. The molecule has 0 aliphatic carbocycles. The third kappa shape index (κ3) is 4.38. The van der Waals surface area contributed by atoms with Crippen LogP contribution in [0.5, 0.6) is 0 Å². The number of nitrogens with one attached hydrogen (secondary N) is 1. The predicted molar refractivity (Wildman–Crippen MR) is 57.7 cm³/mol. The van der Waals surface area contributed by atoms with Gasteiger partial charge in [-0.2, -0.15) is 0 Å². The van der Waals surface area contributed by atoms with Crippen LogP contribution in [0.25, 0.3) is 0 Å². The highest BCUT2D eigenvalue weighted by molar-refractivity contribution is 7.10. The molecule has 0 fully saturated rings. The van der Waals surface area contributed by atoms with Crippen molar-refractivity contribution in [2.45, 2.75) is 13.3 Å². The van der Waals surface area contributed by atoms with Gasteiger partial charge in [0, 0.05) is 25.3 Å². The minimum atomic E-state index is -0.0608. The van der Waals surface area contributed by atoms with Gasteiger partial charge in [-0.3, -0.25) is 9.59 Å². The summed E-state index contributed by atoms with van der Waals surface area (Å²) in [5.74, 6) is 5.62. The molecule has 0 spiro atoms. The van der Waals surface area contributed by atoms with E-state index in [-0.39, 0.29) is 5.91 Å². The van der Waals surface area contributed by atoms with Crippen LogP contribution in [0.1, 0.15) is 28.8 Å². The molecule has 1 rings (SSSR count). The number of aldehydes is 1. The summed E-state index contributed by atoms with van der Waals surface area (Å²) >= 11 is 1.34. The zero-order chi connectivity index (χ0) is 11.1. The van der Waals surface area contributed by atoms with Crippen molar-refractivity contribution in [1.82, 2.24) is 10.3 Å². The number of rotatable bonds is 3. The first-order chi connectivity index (χ1) is 7.22. The maximum atomic E-state index is 10.5. The van der Waals surface area contributed by atoms with Crippen LogP contribution in [0.2, 0.25) is 0 Å². The number of thiazole rings is 1. The van der Waals surface area contributed by atoms with Crippen LogP contribution in [0, 0.1) is 11.8 Å². The lowest BCUT2D eigenvalue weighted by Gasteiger charge is -1.93. The highest BCUT2D eigenvalue weighted by atomic mass is 32.1. The summed E-state index contributed by atoms with van der Waals surface area (Å²) in [5, 5.41) is 4.92. The molecule has 0 saturated carbocycles. The van der Waals surface area contributed by atoms with E-state index in [4.69, 9.17) is 0 Å². The van der Waals surface area contributed by atoms with E-state index in [2.05, 4.69) is 22.1 Å². The molecule has 0 aromatic carbocycles. The Morgan fingerprint density at radius 1 is 1.73 bits per heavy atom. The molecule has 1 N–H and O–H groups in total. The first kappa shape index (κ1) is 11.4. The molecule has 0 atom stereocenters. The Balaban J connectivity index is 2.37. The zero-order valence-corrected chi connectivity index (χ0v) is 9.06. The van der Waals surface area contributed by atoms with Crippen LogP contribution in [0.3, 0.4) is 0 Å². The Labute approximate surface area is 91.7 Å². The average molecular weight is 222 g/mol.